The predicted octanol–water partition coefficient (Wildman–Crippen LogP) is 2.20. The molecule has 100 valence electrons. The largest absolute Gasteiger partial charge is 0.388 e. The Morgan fingerprint density at radius 2 is 2.28 bits per heavy atom. The van der Waals surface area contributed by atoms with Crippen LogP contribution >= 0.6 is 11.8 Å². The number of nitrogens with zero attached hydrogens (tertiary/aromatic N) is 3. The molecular weight excluding hydrogens is 246 g/mol. The molecule has 5 nitrogen and oxygen atoms in total. The zero-order valence-electron chi connectivity index (χ0n) is 10.9. The van der Waals surface area contributed by atoms with E-state index in [-0.39, 0.29) is 5.84 Å². The third kappa shape index (κ3) is 3.25. The van der Waals surface area contributed by atoms with Gasteiger partial charge in [-0.15, -0.1) is 10.2 Å². The van der Waals surface area contributed by atoms with Crippen molar-refractivity contribution in [1.82, 2.24) is 14.8 Å². The van der Waals surface area contributed by atoms with Crippen LogP contribution in [-0.4, -0.2) is 25.9 Å². The number of aromatic nitrogens is 3. The van der Waals surface area contributed by atoms with Gasteiger partial charge in [0.1, 0.15) is 5.82 Å². The van der Waals surface area contributed by atoms with Gasteiger partial charge in [0.15, 0.2) is 5.16 Å². The molecule has 2 heterocycles. The molecule has 1 unspecified atom stereocenters. The Bertz CT molecular complexity index is 415. The van der Waals surface area contributed by atoms with Gasteiger partial charge in [0.25, 0.3) is 0 Å². The first-order valence-electron chi connectivity index (χ1n) is 6.62. The highest BCUT2D eigenvalue weighted by Gasteiger charge is 2.18. The number of aryl methyl sites for hydroxylation is 1. The Hall–Kier alpha value is -1.04. The first-order chi connectivity index (χ1) is 8.70. The van der Waals surface area contributed by atoms with Gasteiger partial charge in [-0.1, -0.05) is 25.1 Å². The minimum atomic E-state index is 0.255. The quantitative estimate of drug-likeness (QED) is 0.487. The highest BCUT2D eigenvalue weighted by molar-refractivity contribution is 7.99. The fourth-order valence-corrected chi connectivity index (χ4v) is 3.35. The maximum absolute atomic E-state index is 7.40. The Morgan fingerprint density at radius 1 is 1.44 bits per heavy atom. The molecule has 1 atom stereocenters. The summed E-state index contributed by atoms with van der Waals surface area (Å²) in [4.78, 5) is 0. The summed E-state index contributed by atoms with van der Waals surface area (Å²) < 4.78 is 2.25. The molecule has 0 saturated heterocycles. The van der Waals surface area contributed by atoms with Crippen molar-refractivity contribution in [1.29, 1.82) is 5.41 Å². The van der Waals surface area contributed by atoms with Crippen molar-refractivity contribution in [2.75, 3.05) is 0 Å². The molecule has 1 aromatic heterocycles. The highest BCUT2D eigenvalue weighted by atomic mass is 32.2. The molecule has 6 heteroatoms. The van der Waals surface area contributed by atoms with Crippen LogP contribution in [0.1, 0.15) is 44.9 Å². The van der Waals surface area contributed by atoms with Crippen molar-refractivity contribution in [2.24, 2.45) is 5.73 Å². The fourth-order valence-electron chi connectivity index (χ4n) is 2.21. The van der Waals surface area contributed by atoms with E-state index in [0.717, 1.165) is 30.4 Å². The number of hydrogen-bond donors (Lipinski definition) is 2. The van der Waals surface area contributed by atoms with Crippen molar-refractivity contribution in [3.63, 3.8) is 0 Å². The minimum absolute atomic E-state index is 0.255. The molecule has 18 heavy (non-hydrogen) atoms. The third-order valence-corrected chi connectivity index (χ3v) is 4.60. The molecule has 1 aliphatic heterocycles. The average Bonchev–Trinajstić information content (AvgIpc) is 2.58. The standard InChI is InChI=1S/C12H21N5S/c1-2-9(8-10(13)14)18-12-16-15-11-6-4-3-5-7-17(11)12/h9H,2-8H2,1H3,(H3,13,14). The van der Waals surface area contributed by atoms with E-state index in [0.29, 0.717) is 11.7 Å². The SMILES string of the molecule is CCC(CC(=N)N)Sc1nnc2n1CCCCC2. The number of rotatable bonds is 5. The number of amidine groups is 1. The van der Waals surface area contributed by atoms with Crippen LogP contribution in [-0.2, 0) is 13.0 Å². The Kier molecular flexibility index (Phi) is 4.63. The van der Waals surface area contributed by atoms with Gasteiger partial charge in [0.05, 0.1) is 5.84 Å². The van der Waals surface area contributed by atoms with Crippen molar-refractivity contribution < 1.29 is 0 Å². The van der Waals surface area contributed by atoms with E-state index in [2.05, 4.69) is 21.7 Å². The first kappa shape index (κ1) is 13.4. The second kappa shape index (κ2) is 6.22. The number of fused-ring (bicyclic) bond motifs is 1. The summed E-state index contributed by atoms with van der Waals surface area (Å²) in [7, 11) is 0. The van der Waals surface area contributed by atoms with Gasteiger partial charge >= 0.3 is 0 Å². The molecule has 0 saturated carbocycles. The number of thioether (sulfide) groups is 1. The molecule has 1 aromatic rings. The van der Waals surface area contributed by atoms with E-state index in [1.54, 1.807) is 11.8 Å². The lowest BCUT2D eigenvalue weighted by atomic mass is 10.2. The molecule has 0 amide bonds. The van der Waals surface area contributed by atoms with Gasteiger partial charge in [0, 0.05) is 24.6 Å². The lowest BCUT2D eigenvalue weighted by Crippen LogP contribution is -2.17. The van der Waals surface area contributed by atoms with E-state index in [9.17, 15) is 0 Å². The Morgan fingerprint density at radius 3 is 3.00 bits per heavy atom. The molecule has 3 N–H and O–H groups in total. The van der Waals surface area contributed by atoms with Gasteiger partial charge in [-0.3, -0.25) is 5.41 Å². The molecule has 0 bridgehead atoms. The highest BCUT2D eigenvalue weighted by Crippen LogP contribution is 2.28. The smallest absolute Gasteiger partial charge is 0.191 e. The second-order valence-corrected chi connectivity index (χ2v) is 6.01. The van der Waals surface area contributed by atoms with Crippen LogP contribution in [0.5, 0.6) is 0 Å². The maximum Gasteiger partial charge on any atom is 0.191 e. The normalized spacial score (nSPS) is 16.9. The maximum atomic E-state index is 7.40. The summed E-state index contributed by atoms with van der Waals surface area (Å²) in [6.45, 7) is 3.15. The van der Waals surface area contributed by atoms with Crippen molar-refractivity contribution >= 4 is 17.6 Å². The third-order valence-electron chi connectivity index (χ3n) is 3.25. The predicted molar refractivity (Wildman–Crippen MR) is 74.0 cm³/mol. The summed E-state index contributed by atoms with van der Waals surface area (Å²) in [6.07, 6.45) is 6.36. The van der Waals surface area contributed by atoms with E-state index in [1.165, 1.54) is 19.3 Å². The monoisotopic (exact) mass is 267 g/mol. The van der Waals surface area contributed by atoms with E-state index in [4.69, 9.17) is 11.1 Å². The summed E-state index contributed by atoms with van der Waals surface area (Å²) >= 11 is 1.72. The summed E-state index contributed by atoms with van der Waals surface area (Å²) in [6, 6.07) is 0. The van der Waals surface area contributed by atoms with Crippen LogP contribution in [0, 0.1) is 5.41 Å². The molecule has 0 fully saturated rings. The van der Waals surface area contributed by atoms with Gasteiger partial charge in [-0.25, -0.2) is 0 Å². The molecular formula is C12H21N5S. The van der Waals surface area contributed by atoms with Crippen LogP contribution in [0.15, 0.2) is 5.16 Å². The first-order valence-corrected chi connectivity index (χ1v) is 7.50. The number of nitrogens with two attached hydrogens (primary N) is 1. The molecule has 0 aromatic carbocycles. The fraction of sp³-hybridized carbons (Fsp3) is 0.750. The van der Waals surface area contributed by atoms with E-state index in [1.807, 2.05) is 0 Å². The lowest BCUT2D eigenvalue weighted by Gasteiger charge is -2.13. The minimum Gasteiger partial charge on any atom is -0.388 e. The number of nitrogens with one attached hydrogen (secondary N) is 1. The Labute approximate surface area is 112 Å². The summed E-state index contributed by atoms with van der Waals surface area (Å²) in [5, 5.41) is 17.3. The zero-order chi connectivity index (χ0) is 13.0. The van der Waals surface area contributed by atoms with Crippen molar-refractivity contribution in [2.45, 2.75) is 62.4 Å². The molecule has 0 spiro atoms. The zero-order valence-corrected chi connectivity index (χ0v) is 11.7. The molecule has 1 aliphatic rings. The molecule has 2 rings (SSSR count). The number of hydrogen-bond acceptors (Lipinski definition) is 4. The van der Waals surface area contributed by atoms with Crippen LogP contribution in [0.4, 0.5) is 0 Å². The lowest BCUT2D eigenvalue weighted by molar-refractivity contribution is 0.589. The van der Waals surface area contributed by atoms with E-state index >= 15 is 0 Å². The van der Waals surface area contributed by atoms with Gasteiger partial charge < -0.3 is 10.3 Å². The second-order valence-electron chi connectivity index (χ2n) is 4.74. The van der Waals surface area contributed by atoms with Crippen LogP contribution < -0.4 is 5.73 Å². The van der Waals surface area contributed by atoms with Crippen LogP contribution in [0.2, 0.25) is 0 Å². The van der Waals surface area contributed by atoms with Crippen LogP contribution in [0.3, 0.4) is 0 Å². The topological polar surface area (TPSA) is 80.6 Å². The Balaban J connectivity index is 2.08. The van der Waals surface area contributed by atoms with Gasteiger partial charge in [-0.05, 0) is 19.3 Å². The molecule has 0 aliphatic carbocycles. The van der Waals surface area contributed by atoms with Crippen molar-refractivity contribution in [3.05, 3.63) is 5.82 Å². The van der Waals surface area contributed by atoms with Crippen molar-refractivity contribution in [3.8, 4) is 0 Å². The summed E-state index contributed by atoms with van der Waals surface area (Å²) in [5.74, 6) is 1.37. The summed E-state index contributed by atoms with van der Waals surface area (Å²) in [5.41, 5.74) is 5.49. The molecule has 0 radical (unpaired) electrons. The van der Waals surface area contributed by atoms with E-state index < -0.39 is 0 Å². The van der Waals surface area contributed by atoms with Gasteiger partial charge in [-0.2, -0.15) is 0 Å². The van der Waals surface area contributed by atoms with Gasteiger partial charge in [0.2, 0.25) is 0 Å². The average molecular weight is 267 g/mol. The van der Waals surface area contributed by atoms with Crippen LogP contribution in [0.25, 0.3) is 0 Å².